The number of fused-ring (bicyclic) bond motifs is 2. The molecule has 6 aliphatic rings. The molecule has 0 aliphatic carbocycles. The van der Waals surface area contributed by atoms with Crippen molar-refractivity contribution in [3.8, 4) is 0 Å². The lowest BCUT2D eigenvalue weighted by Crippen LogP contribution is -2.62. The highest BCUT2D eigenvalue weighted by Crippen LogP contribution is 2.44. The van der Waals surface area contributed by atoms with E-state index < -0.39 is 129 Å². The molecule has 0 radical (unpaired) electrons. The van der Waals surface area contributed by atoms with Crippen LogP contribution in [-0.2, 0) is 102 Å². The minimum absolute atomic E-state index is 0.0305. The van der Waals surface area contributed by atoms with Gasteiger partial charge in [0.05, 0.1) is 74.2 Å². The molecule has 22 atom stereocenters. The summed E-state index contributed by atoms with van der Waals surface area (Å²) in [5.41, 5.74) is 6.26. The molecular formula is C93H108N2O21. The van der Waals surface area contributed by atoms with Crippen LogP contribution in [0.25, 0.3) is 0 Å². The number of nitrogens with zero attached hydrogens (tertiary/aromatic N) is 2. The highest BCUT2D eigenvalue weighted by molar-refractivity contribution is 5.90. The van der Waals surface area contributed by atoms with Gasteiger partial charge in [0.25, 0.3) is 0 Å². The summed E-state index contributed by atoms with van der Waals surface area (Å²) in [6.45, 7) is 16.1. The lowest BCUT2D eigenvalue weighted by molar-refractivity contribution is -0.373. The van der Waals surface area contributed by atoms with Crippen LogP contribution in [-0.4, -0.2) is 171 Å². The van der Waals surface area contributed by atoms with E-state index in [9.17, 15) is 24.3 Å². The molecular weight excluding hydrogens is 1480 g/mol. The molecule has 8 aromatic rings. The van der Waals surface area contributed by atoms with Crippen molar-refractivity contribution in [2.75, 3.05) is 39.5 Å². The number of aliphatic hydroxyl groups excluding tert-OH is 1. The summed E-state index contributed by atoms with van der Waals surface area (Å²) in [5.74, 6) is -2.25. The molecule has 0 saturated carbocycles. The quantitative estimate of drug-likeness (QED) is 0.0354. The number of benzene rings is 8. The monoisotopic (exact) mass is 1590 g/mol. The van der Waals surface area contributed by atoms with Crippen LogP contribution in [0.15, 0.2) is 243 Å². The predicted octanol–water partition coefficient (Wildman–Crippen LogP) is 15.4. The molecule has 0 aromatic heterocycles. The number of amides is 2. The van der Waals surface area contributed by atoms with Crippen molar-refractivity contribution in [1.82, 2.24) is 9.80 Å². The summed E-state index contributed by atoms with van der Waals surface area (Å²) in [5, 5.41) is 11.5. The van der Waals surface area contributed by atoms with Crippen LogP contribution in [0.3, 0.4) is 0 Å². The molecule has 1 N–H and O–H groups in total. The van der Waals surface area contributed by atoms with Gasteiger partial charge in [-0.05, 0) is 65.3 Å². The van der Waals surface area contributed by atoms with Crippen molar-refractivity contribution >= 4 is 24.1 Å². The van der Waals surface area contributed by atoms with Crippen molar-refractivity contribution in [2.24, 2.45) is 29.6 Å². The second-order valence-electron chi connectivity index (χ2n) is 30.4. The van der Waals surface area contributed by atoms with Gasteiger partial charge in [-0.25, -0.2) is 19.2 Å². The molecule has 6 fully saturated rings. The first-order chi connectivity index (χ1) is 56.6. The predicted molar refractivity (Wildman–Crippen MR) is 427 cm³/mol. The van der Waals surface area contributed by atoms with E-state index in [1.807, 2.05) is 229 Å². The molecule has 616 valence electrons. The molecule has 6 heterocycles. The van der Waals surface area contributed by atoms with E-state index in [4.69, 9.17) is 75.8 Å². The van der Waals surface area contributed by atoms with Crippen LogP contribution in [0, 0.1) is 29.6 Å². The smallest absolute Gasteiger partial charge is 0.410 e. The number of esters is 2. The molecule has 23 heteroatoms. The molecule has 10 unspecified atom stereocenters. The van der Waals surface area contributed by atoms with Gasteiger partial charge in [-0.3, -0.25) is 0 Å². The normalized spacial score (nSPS) is 29.5. The van der Waals surface area contributed by atoms with E-state index in [0.717, 1.165) is 33.4 Å². The van der Waals surface area contributed by atoms with Crippen LogP contribution in [0.5, 0.6) is 0 Å². The minimum atomic E-state index is -0.985. The largest absolute Gasteiger partial charge is 0.453 e. The minimum Gasteiger partial charge on any atom is -0.453 e. The number of carbonyl (C=O) groups excluding carboxylic acids is 4. The molecule has 2 amide bonds. The fourth-order valence-corrected chi connectivity index (χ4v) is 15.5. The second kappa shape index (κ2) is 41.7. The molecule has 0 spiro atoms. The maximum Gasteiger partial charge on any atom is 0.410 e. The van der Waals surface area contributed by atoms with Gasteiger partial charge in [-0.1, -0.05) is 267 Å². The van der Waals surface area contributed by atoms with E-state index in [0.29, 0.717) is 43.7 Å². The summed E-state index contributed by atoms with van der Waals surface area (Å²) in [4.78, 5) is 57.3. The number of rotatable bonds is 28. The van der Waals surface area contributed by atoms with Crippen LogP contribution in [0.2, 0.25) is 0 Å². The number of aliphatic hydroxyl groups is 1. The summed E-state index contributed by atoms with van der Waals surface area (Å²) in [6.07, 6.45) is -10.6. The fraction of sp³-hybridized carbons (Fsp3) is 0.441. The Morgan fingerprint density at radius 3 is 1.11 bits per heavy atom. The van der Waals surface area contributed by atoms with Crippen LogP contribution in [0.1, 0.15) is 128 Å². The summed E-state index contributed by atoms with van der Waals surface area (Å²) in [6, 6.07) is 75.5. The first-order valence-electron chi connectivity index (χ1n) is 40.6. The number of hydrogen-bond donors (Lipinski definition) is 1. The maximum atomic E-state index is 13.6. The Kier molecular flexibility index (Phi) is 30.4. The average molecular weight is 1590 g/mol. The Bertz CT molecular complexity index is 4010. The molecule has 23 nitrogen and oxygen atoms in total. The SMILES string of the molecule is CCC1O[C@@H](OCCN(Cc2ccccc2)C(=O)OCc2ccccc2)C(OC(=O)c2ccccc2)[C@@H](C)[C@@H]1O[C@@H]1OC2COC(c3ccccc3)O[C@H]2[C@H](C)C1C.CCC1O[C@@H](OCCN(Cc2ccccc2)C(=O)OCc2ccccc2)C(OC(=O)c2ccccc2)[C@@H](C)[C@@H]1O[C@@H]1OC2COC(c3ccccc3)O[C@H]2[C@H](O)C1C. The molecule has 0 bridgehead atoms. The number of hydrogen-bond acceptors (Lipinski definition) is 21. The summed E-state index contributed by atoms with van der Waals surface area (Å²) < 4.78 is 101. The van der Waals surface area contributed by atoms with E-state index in [-0.39, 0.29) is 76.1 Å². The first-order valence-corrected chi connectivity index (χ1v) is 40.6. The third kappa shape index (κ3) is 21.9. The third-order valence-corrected chi connectivity index (χ3v) is 22.5. The van der Waals surface area contributed by atoms with Crippen molar-refractivity contribution in [3.63, 3.8) is 0 Å². The van der Waals surface area contributed by atoms with Crippen molar-refractivity contribution in [2.45, 2.75) is 192 Å². The highest BCUT2D eigenvalue weighted by Gasteiger charge is 2.55. The highest BCUT2D eigenvalue weighted by atomic mass is 16.8. The van der Waals surface area contributed by atoms with E-state index in [2.05, 4.69) is 13.8 Å². The standard InChI is InChI=1S/C47H55NO10.C46H53NO11/c1-5-38-41(57-44-32(3)31(2)40-39(55-44)30-52-45(58-40)37-24-16-9-17-25-37)33(4)42(56-43(49)36-22-14-8-15-23-36)46(54-38)51-27-26-48(28-34-18-10-6-11-19-34)47(50)53-29-35-20-12-7-13-21-35;1-4-36-39(57-43-30(2)38(48)41-37(55-43)29-52-44(58-41)35-23-15-8-16-24-35)31(3)40(56-42(49)34-21-13-7-14-22-34)45(54-36)51-26-25-47(27-32-17-9-5-10-18-32)46(50)53-28-33-19-11-6-12-20-33/h6-25,31-33,38-42,44-46H,5,26-30H2,1-4H3;5-24,30-31,36-41,43-45,48H,4,25-29H2,1-3H3/t31-,32?,33+,38?,39?,40+,41+,42?,44+,45?,46-;30?,31-,36?,37?,38+,39-,40?,41+,43-,44?,45+/m10/s1. The zero-order chi connectivity index (χ0) is 80.9. The lowest BCUT2D eigenvalue weighted by Gasteiger charge is -2.50. The Morgan fingerprint density at radius 2 is 0.724 bits per heavy atom. The van der Waals surface area contributed by atoms with Gasteiger partial charge in [0, 0.05) is 61.0 Å². The van der Waals surface area contributed by atoms with Crippen LogP contribution < -0.4 is 0 Å². The van der Waals surface area contributed by atoms with Gasteiger partial charge in [0.15, 0.2) is 49.9 Å². The molecule has 116 heavy (non-hydrogen) atoms. The molecule has 6 saturated heterocycles. The summed E-state index contributed by atoms with van der Waals surface area (Å²) >= 11 is 0. The summed E-state index contributed by atoms with van der Waals surface area (Å²) in [7, 11) is 0. The second-order valence-corrected chi connectivity index (χ2v) is 30.4. The maximum absolute atomic E-state index is 13.6. The average Bonchev–Trinajstić information content (AvgIpc) is 0.778. The third-order valence-electron chi connectivity index (χ3n) is 22.5. The Morgan fingerprint density at radius 1 is 0.379 bits per heavy atom. The van der Waals surface area contributed by atoms with Gasteiger partial charge in [-0.2, -0.15) is 0 Å². The number of carbonyl (C=O) groups is 4. The molecule has 8 aromatic carbocycles. The van der Waals surface area contributed by atoms with Gasteiger partial charge in [0.1, 0.15) is 31.5 Å². The van der Waals surface area contributed by atoms with Crippen molar-refractivity contribution < 1.29 is 100 Å². The van der Waals surface area contributed by atoms with E-state index in [1.54, 1.807) is 58.3 Å². The molecule has 6 aliphatic heterocycles. The van der Waals surface area contributed by atoms with Gasteiger partial charge in [-0.15, -0.1) is 0 Å². The van der Waals surface area contributed by atoms with Crippen molar-refractivity contribution in [1.29, 1.82) is 0 Å². The molecule has 14 rings (SSSR count). The van der Waals surface area contributed by atoms with Crippen LogP contribution >= 0.6 is 0 Å². The van der Waals surface area contributed by atoms with Crippen LogP contribution in [0.4, 0.5) is 9.59 Å². The zero-order valence-electron chi connectivity index (χ0n) is 66.8. The lowest BCUT2D eigenvalue weighted by atomic mass is 9.83. The van der Waals surface area contributed by atoms with E-state index >= 15 is 0 Å². The van der Waals surface area contributed by atoms with Crippen molar-refractivity contribution in [3.05, 3.63) is 287 Å². The Balaban J connectivity index is 0.000000202. The Labute approximate surface area is 679 Å². The van der Waals surface area contributed by atoms with E-state index in [1.165, 1.54) is 0 Å². The zero-order valence-corrected chi connectivity index (χ0v) is 66.8. The van der Waals surface area contributed by atoms with Gasteiger partial charge < -0.3 is 90.7 Å². The topological polar surface area (TPSA) is 243 Å². The first kappa shape index (κ1) is 84.6. The Hall–Kier alpha value is -9.28. The van der Waals surface area contributed by atoms with Gasteiger partial charge in [0.2, 0.25) is 0 Å². The number of ether oxygens (including phenoxy) is 16. The van der Waals surface area contributed by atoms with Gasteiger partial charge >= 0.3 is 24.1 Å². The fourth-order valence-electron chi connectivity index (χ4n) is 15.5.